The molecule has 1 amide bonds. The molecule has 0 saturated carbocycles. The molecule has 4 N–H and O–H groups in total. The second-order valence-corrected chi connectivity index (χ2v) is 4.10. The minimum absolute atomic E-state index is 0.241. The van der Waals surface area contributed by atoms with Crippen LogP contribution >= 0.6 is 0 Å². The summed E-state index contributed by atoms with van der Waals surface area (Å²) in [5.41, 5.74) is 3.59. The van der Waals surface area contributed by atoms with Gasteiger partial charge in [0.25, 0.3) is 5.91 Å². The lowest BCUT2D eigenvalue weighted by atomic mass is 10.2. The topological polar surface area (TPSA) is 105 Å². The molecule has 0 aromatic carbocycles. The summed E-state index contributed by atoms with van der Waals surface area (Å²) in [7, 11) is 0. The zero-order valence-electron chi connectivity index (χ0n) is 10.4. The fourth-order valence-corrected chi connectivity index (χ4v) is 1.47. The summed E-state index contributed by atoms with van der Waals surface area (Å²) in [6.07, 6.45) is -5.03. The van der Waals surface area contributed by atoms with Gasteiger partial charge in [-0.3, -0.25) is 9.59 Å². The first-order chi connectivity index (χ1) is 9.11. The van der Waals surface area contributed by atoms with Gasteiger partial charge in [0, 0.05) is 6.04 Å². The van der Waals surface area contributed by atoms with Gasteiger partial charge in [-0.25, -0.2) is 4.98 Å². The van der Waals surface area contributed by atoms with Gasteiger partial charge in [0.1, 0.15) is 11.5 Å². The number of anilines is 1. The van der Waals surface area contributed by atoms with E-state index in [4.69, 9.17) is 10.8 Å². The molecule has 6 nitrogen and oxygen atoms in total. The van der Waals surface area contributed by atoms with Crippen molar-refractivity contribution in [3.8, 4) is 0 Å². The molecule has 20 heavy (non-hydrogen) atoms. The number of amides is 1. The fraction of sp³-hybridized carbons (Fsp3) is 0.364. The van der Waals surface area contributed by atoms with Crippen molar-refractivity contribution < 1.29 is 27.9 Å². The van der Waals surface area contributed by atoms with Crippen LogP contribution in [-0.4, -0.2) is 28.0 Å². The number of pyridine rings is 1. The number of hydrogen-bond acceptors (Lipinski definition) is 4. The van der Waals surface area contributed by atoms with Crippen molar-refractivity contribution in [2.45, 2.75) is 25.6 Å². The van der Waals surface area contributed by atoms with Crippen LogP contribution in [-0.2, 0) is 11.0 Å². The lowest BCUT2D eigenvalue weighted by Crippen LogP contribution is -2.24. The van der Waals surface area contributed by atoms with E-state index in [2.05, 4.69) is 10.3 Å². The van der Waals surface area contributed by atoms with E-state index in [0.29, 0.717) is 6.07 Å². The maximum atomic E-state index is 12.5. The van der Waals surface area contributed by atoms with E-state index in [1.807, 2.05) is 0 Å². The van der Waals surface area contributed by atoms with Gasteiger partial charge in [0.2, 0.25) is 0 Å². The van der Waals surface area contributed by atoms with E-state index in [1.54, 1.807) is 0 Å². The molecule has 1 aromatic heterocycles. The summed E-state index contributed by atoms with van der Waals surface area (Å²) in [6.45, 7) is 1.43. The number of carboxylic acids is 1. The Morgan fingerprint density at radius 1 is 1.45 bits per heavy atom. The third-order valence-corrected chi connectivity index (χ3v) is 2.32. The van der Waals surface area contributed by atoms with Crippen LogP contribution in [0.15, 0.2) is 12.1 Å². The predicted molar refractivity (Wildman–Crippen MR) is 63.1 cm³/mol. The first kappa shape index (κ1) is 15.7. The van der Waals surface area contributed by atoms with Crippen LogP contribution in [0.3, 0.4) is 0 Å². The van der Waals surface area contributed by atoms with E-state index in [0.717, 1.165) is 6.07 Å². The zero-order valence-corrected chi connectivity index (χ0v) is 10.4. The molecule has 0 saturated heterocycles. The molecule has 0 aliphatic heterocycles. The van der Waals surface area contributed by atoms with Gasteiger partial charge in [-0.05, 0) is 19.1 Å². The lowest BCUT2D eigenvalue weighted by Gasteiger charge is -2.16. The number of primary amides is 1. The van der Waals surface area contributed by atoms with Crippen LogP contribution in [0.4, 0.5) is 19.0 Å². The van der Waals surface area contributed by atoms with Crippen LogP contribution in [0.25, 0.3) is 0 Å². The third-order valence-electron chi connectivity index (χ3n) is 2.32. The molecule has 110 valence electrons. The molecule has 1 atom stereocenters. The highest BCUT2D eigenvalue weighted by Gasteiger charge is 2.33. The Bertz CT molecular complexity index is 531. The number of carbonyl (C=O) groups excluding carboxylic acids is 1. The molecule has 0 aliphatic rings. The molecule has 0 bridgehead atoms. The molecular formula is C11H12F3N3O3. The number of carboxylic acid groups (broad SMARTS) is 1. The number of alkyl halides is 3. The van der Waals surface area contributed by atoms with Crippen LogP contribution in [0.1, 0.15) is 29.4 Å². The Hall–Kier alpha value is -2.32. The van der Waals surface area contributed by atoms with Gasteiger partial charge in [-0.2, -0.15) is 13.2 Å². The van der Waals surface area contributed by atoms with Crippen LogP contribution in [0, 0.1) is 0 Å². The van der Waals surface area contributed by atoms with Gasteiger partial charge in [-0.1, -0.05) is 0 Å². The van der Waals surface area contributed by atoms with Gasteiger partial charge in [0.15, 0.2) is 0 Å². The van der Waals surface area contributed by atoms with Crippen molar-refractivity contribution in [3.05, 3.63) is 23.4 Å². The minimum Gasteiger partial charge on any atom is -0.481 e. The highest BCUT2D eigenvalue weighted by molar-refractivity contribution is 5.97. The molecular weight excluding hydrogens is 279 g/mol. The van der Waals surface area contributed by atoms with E-state index in [9.17, 15) is 22.8 Å². The number of nitrogens with zero attached hydrogens (tertiary/aromatic N) is 1. The Kier molecular flexibility index (Phi) is 4.53. The van der Waals surface area contributed by atoms with Crippen molar-refractivity contribution in [2.24, 2.45) is 5.73 Å². The second-order valence-electron chi connectivity index (χ2n) is 4.10. The SMILES string of the molecule is CC(CC(=O)O)Nc1nc(C(F)(F)F)ccc1C(N)=O. The summed E-state index contributed by atoms with van der Waals surface area (Å²) in [4.78, 5) is 24.9. The first-order valence-corrected chi connectivity index (χ1v) is 5.47. The average molecular weight is 291 g/mol. The number of hydrogen-bond donors (Lipinski definition) is 3. The molecule has 1 unspecified atom stereocenters. The first-order valence-electron chi connectivity index (χ1n) is 5.47. The summed E-state index contributed by atoms with van der Waals surface area (Å²) < 4.78 is 37.6. The van der Waals surface area contributed by atoms with E-state index >= 15 is 0 Å². The van der Waals surface area contributed by atoms with Crippen molar-refractivity contribution in [1.82, 2.24) is 4.98 Å². The van der Waals surface area contributed by atoms with E-state index in [1.165, 1.54) is 6.92 Å². The molecule has 1 heterocycles. The maximum Gasteiger partial charge on any atom is 0.433 e. The molecule has 0 aliphatic carbocycles. The number of carbonyl (C=O) groups is 2. The number of rotatable bonds is 5. The number of nitrogens with two attached hydrogens (primary N) is 1. The highest BCUT2D eigenvalue weighted by atomic mass is 19.4. The zero-order chi connectivity index (χ0) is 15.5. The molecule has 1 aromatic rings. The summed E-state index contributed by atoms with van der Waals surface area (Å²) in [5.74, 6) is -2.49. The van der Waals surface area contributed by atoms with Gasteiger partial charge in [-0.15, -0.1) is 0 Å². The van der Waals surface area contributed by atoms with Crippen LogP contribution in [0.5, 0.6) is 0 Å². The average Bonchev–Trinajstić information content (AvgIpc) is 2.25. The third kappa shape index (κ3) is 4.11. The van der Waals surface area contributed by atoms with E-state index in [-0.39, 0.29) is 17.8 Å². The fourth-order valence-electron chi connectivity index (χ4n) is 1.47. The summed E-state index contributed by atoms with van der Waals surface area (Å²) in [6, 6.07) is 0.808. The van der Waals surface area contributed by atoms with Crippen molar-refractivity contribution >= 4 is 17.7 Å². The number of nitrogens with one attached hydrogen (secondary N) is 1. The highest BCUT2D eigenvalue weighted by Crippen LogP contribution is 2.29. The predicted octanol–water partition coefficient (Wildman–Crippen LogP) is 1.47. The molecule has 0 spiro atoms. The molecule has 0 fully saturated rings. The standard InChI is InChI=1S/C11H12F3N3O3/c1-5(4-8(18)19)16-10-6(9(15)20)2-3-7(17-10)11(12,13)14/h2-3,5H,4H2,1H3,(H2,15,20)(H,16,17)(H,18,19). The van der Waals surface area contributed by atoms with Crippen molar-refractivity contribution in [2.75, 3.05) is 5.32 Å². The number of halogens is 3. The molecule has 9 heteroatoms. The Morgan fingerprint density at radius 3 is 2.50 bits per heavy atom. The minimum atomic E-state index is -4.68. The lowest BCUT2D eigenvalue weighted by molar-refractivity contribution is -0.141. The Balaban J connectivity index is 3.12. The second kappa shape index (κ2) is 5.76. The Labute approximate surface area is 111 Å². The maximum absolute atomic E-state index is 12.5. The number of aliphatic carboxylic acids is 1. The van der Waals surface area contributed by atoms with Crippen LogP contribution in [0.2, 0.25) is 0 Å². The normalized spacial score (nSPS) is 12.8. The monoisotopic (exact) mass is 291 g/mol. The Morgan fingerprint density at radius 2 is 2.05 bits per heavy atom. The quantitative estimate of drug-likeness (QED) is 0.762. The smallest absolute Gasteiger partial charge is 0.433 e. The van der Waals surface area contributed by atoms with Gasteiger partial charge >= 0.3 is 12.1 Å². The summed E-state index contributed by atoms with van der Waals surface area (Å²) in [5, 5.41) is 11.0. The van der Waals surface area contributed by atoms with Crippen LogP contribution < -0.4 is 11.1 Å². The molecule has 1 rings (SSSR count). The van der Waals surface area contributed by atoms with Gasteiger partial charge in [0.05, 0.1) is 12.0 Å². The van der Waals surface area contributed by atoms with Crippen molar-refractivity contribution in [1.29, 1.82) is 0 Å². The summed E-state index contributed by atoms with van der Waals surface area (Å²) >= 11 is 0. The van der Waals surface area contributed by atoms with Gasteiger partial charge < -0.3 is 16.2 Å². The number of aromatic nitrogens is 1. The molecule has 0 radical (unpaired) electrons. The van der Waals surface area contributed by atoms with Crippen molar-refractivity contribution in [3.63, 3.8) is 0 Å². The van der Waals surface area contributed by atoms with E-state index < -0.39 is 29.8 Å². The largest absolute Gasteiger partial charge is 0.481 e.